The highest BCUT2D eigenvalue weighted by molar-refractivity contribution is 5.85. The monoisotopic (exact) mass is 391 g/mol. The molecule has 25 heavy (non-hydrogen) atoms. The largest absolute Gasteiger partial charge is 0.508 e. The quantitative estimate of drug-likeness (QED) is 0.792. The number of anilines is 1. The summed E-state index contributed by atoms with van der Waals surface area (Å²) in [6, 6.07) is 7.27. The number of likely N-dealkylation sites (tertiary alicyclic amines) is 1. The second-order valence-corrected chi connectivity index (χ2v) is 6.40. The van der Waals surface area contributed by atoms with E-state index in [0.717, 1.165) is 44.8 Å². The van der Waals surface area contributed by atoms with Crippen molar-refractivity contribution in [3.63, 3.8) is 0 Å². The van der Waals surface area contributed by atoms with E-state index in [1.807, 2.05) is 12.1 Å². The number of benzene rings is 1. The van der Waals surface area contributed by atoms with Gasteiger partial charge in [0.15, 0.2) is 0 Å². The van der Waals surface area contributed by atoms with Crippen molar-refractivity contribution in [1.82, 2.24) is 9.80 Å². The predicted molar refractivity (Wildman–Crippen MR) is 103 cm³/mol. The number of piperazine rings is 1. The van der Waals surface area contributed by atoms with Gasteiger partial charge in [-0.15, -0.1) is 24.8 Å². The summed E-state index contributed by atoms with van der Waals surface area (Å²) in [5, 5.41) is 19.6. The summed E-state index contributed by atoms with van der Waals surface area (Å²) in [4.78, 5) is 17.9. The zero-order valence-electron chi connectivity index (χ0n) is 14.2. The SMILES string of the molecule is Cl.Cl.O=C1CCCN1CC(O)CN1CCN(c2ccc(O)cc2)CC1. The Morgan fingerprint density at radius 1 is 0.960 bits per heavy atom. The number of amides is 1. The van der Waals surface area contributed by atoms with E-state index < -0.39 is 6.10 Å². The third-order valence-electron chi connectivity index (χ3n) is 4.66. The Bertz CT molecular complexity index is 536. The molecule has 2 N–H and O–H groups in total. The lowest BCUT2D eigenvalue weighted by molar-refractivity contribution is -0.129. The van der Waals surface area contributed by atoms with Crippen molar-refractivity contribution >= 4 is 36.4 Å². The molecule has 2 fully saturated rings. The minimum atomic E-state index is -0.475. The Morgan fingerprint density at radius 3 is 2.16 bits per heavy atom. The fraction of sp³-hybridized carbons (Fsp3) is 0.588. The number of β-amino-alcohol motifs (C(OH)–C–C–N with tert-alkyl or cyclic N) is 1. The van der Waals surface area contributed by atoms with Crippen LogP contribution in [0, 0.1) is 0 Å². The number of halogens is 2. The smallest absolute Gasteiger partial charge is 0.222 e. The van der Waals surface area contributed by atoms with Crippen molar-refractivity contribution < 1.29 is 15.0 Å². The van der Waals surface area contributed by atoms with Crippen molar-refractivity contribution in [3.8, 4) is 5.75 Å². The molecular formula is C17H27Cl2N3O3. The van der Waals surface area contributed by atoms with E-state index in [2.05, 4.69) is 9.80 Å². The fourth-order valence-electron chi connectivity index (χ4n) is 3.36. The number of carbonyl (C=O) groups is 1. The first-order chi connectivity index (χ1) is 11.1. The summed E-state index contributed by atoms with van der Waals surface area (Å²) in [7, 11) is 0. The van der Waals surface area contributed by atoms with Crippen LogP contribution in [0.5, 0.6) is 5.75 Å². The summed E-state index contributed by atoms with van der Waals surface area (Å²) >= 11 is 0. The number of rotatable bonds is 5. The molecule has 1 aromatic rings. The second kappa shape index (κ2) is 10.1. The number of hydrogen-bond acceptors (Lipinski definition) is 5. The Kier molecular flexibility index (Phi) is 8.79. The highest BCUT2D eigenvalue weighted by atomic mass is 35.5. The van der Waals surface area contributed by atoms with Crippen LogP contribution in [-0.2, 0) is 4.79 Å². The molecule has 6 nitrogen and oxygen atoms in total. The van der Waals surface area contributed by atoms with E-state index in [9.17, 15) is 15.0 Å². The van der Waals surface area contributed by atoms with Crippen LogP contribution in [-0.4, -0.2) is 77.8 Å². The van der Waals surface area contributed by atoms with E-state index in [1.165, 1.54) is 0 Å². The number of aliphatic hydroxyl groups is 1. The van der Waals surface area contributed by atoms with Crippen LogP contribution in [0.25, 0.3) is 0 Å². The van der Waals surface area contributed by atoms with E-state index in [-0.39, 0.29) is 36.5 Å². The average molecular weight is 392 g/mol. The number of aromatic hydroxyl groups is 1. The third kappa shape index (κ3) is 5.92. The molecule has 1 amide bonds. The van der Waals surface area contributed by atoms with Gasteiger partial charge in [0.25, 0.3) is 0 Å². The second-order valence-electron chi connectivity index (χ2n) is 6.40. The molecular weight excluding hydrogens is 365 g/mol. The molecule has 0 radical (unpaired) electrons. The highest BCUT2D eigenvalue weighted by Crippen LogP contribution is 2.20. The van der Waals surface area contributed by atoms with Gasteiger partial charge >= 0.3 is 0 Å². The molecule has 1 unspecified atom stereocenters. The number of phenolic OH excluding ortho intramolecular Hbond substituents is 1. The van der Waals surface area contributed by atoms with Gasteiger partial charge in [-0.2, -0.15) is 0 Å². The van der Waals surface area contributed by atoms with E-state index in [1.54, 1.807) is 17.0 Å². The predicted octanol–water partition coefficient (Wildman–Crippen LogP) is 1.34. The van der Waals surface area contributed by atoms with Crippen molar-refractivity contribution in [1.29, 1.82) is 0 Å². The molecule has 3 rings (SSSR count). The molecule has 2 saturated heterocycles. The standard InChI is InChI=1S/C17H25N3O3.2ClH/c21-15-5-3-14(4-6-15)19-10-8-18(9-11-19)12-16(22)13-20-7-1-2-17(20)23;;/h3-6,16,21-22H,1-2,7-13H2;2*1H. The van der Waals surface area contributed by atoms with Crippen molar-refractivity contribution in [2.24, 2.45) is 0 Å². The van der Waals surface area contributed by atoms with E-state index in [0.29, 0.717) is 19.5 Å². The Morgan fingerprint density at radius 2 is 1.60 bits per heavy atom. The Hall–Kier alpha value is -1.21. The van der Waals surface area contributed by atoms with Gasteiger partial charge in [0.05, 0.1) is 6.10 Å². The first-order valence-corrected chi connectivity index (χ1v) is 8.34. The minimum Gasteiger partial charge on any atom is -0.508 e. The number of nitrogens with zero attached hydrogens (tertiary/aromatic N) is 3. The molecule has 2 aliphatic rings. The normalized spacial score (nSPS) is 19.3. The van der Waals surface area contributed by atoms with E-state index in [4.69, 9.17) is 0 Å². The lowest BCUT2D eigenvalue weighted by Gasteiger charge is -2.37. The van der Waals surface area contributed by atoms with Gasteiger partial charge in [0.1, 0.15) is 5.75 Å². The average Bonchev–Trinajstić information content (AvgIpc) is 2.94. The van der Waals surface area contributed by atoms with Gasteiger partial charge in [-0.3, -0.25) is 9.69 Å². The molecule has 0 aliphatic carbocycles. The Labute approximate surface area is 161 Å². The first-order valence-electron chi connectivity index (χ1n) is 8.34. The molecule has 1 aromatic carbocycles. The zero-order chi connectivity index (χ0) is 16.2. The van der Waals surface area contributed by atoms with Gasteiger partial charge in [-0.1, -0.05) is 0 Å². The summed E-state index contributed by atoms with van der Waals surface area (Å²) in [5.74, 6) is 0.452. The van der Waals surface area contributed by atoms with Gasteiger partial charge < -0.3 is 20.0 Å². The highest BCUT2D eigenvalue weighted by Gasteiger charge is 2.25. The van der Waals surface area contributed by atoms with Crippen molar-refractivity contribution in [2.75, 3.05) is 50.7 Å². The third-order valence-corrected chi connectivity index (χ3v) is 4.66. The van der Waals surface area contributed by atoms with Crippen LogP contribution in [0.3, 0.4) is 0 Å². The summed E-state index contributed by atoms with van der Waals surface area (Å²) in [6.45, 7) is 5.45. The molecule has 0 spiro atoms. The van der Waals surface area contributed by atoms with Gasteiger partial charge in [-0.05, 0) is 30.7 Å². The topological polar surface area (TPSA) is 67.3 Å². The lowest BCUT2D eigenvalue weighted by Crippen LogP contribution is -2.50. The molecule has 0 aromatic heterocycles. The van der Waals surface area contributed by atoms with Gasteiger partial charge in [0, 0.05) is 57.9 Å². The summed E-state index contributed by atoms with van der Waals surface area (Å²) in [6.07, 6.45) is 1.06. The summed E-state index contributed by atoms with van der Waals surface area (Å²) in [5.41, 5.74) is 1.12. The van der Waals surface area contributed by atoms with Crippen LogP contribution in [0.4, 0.5) is 5.69 Å². The maximum Gasteiger partial charge on any atom is 0.222 e. The van der Waals surface area contributed by atoms with Crippen molar-refractivity contribution in [3.05, 3.63) is 24.3 Å². The lowest BCUT2D eigenvalue weighted by atomic mass is 10.2. The number of aliphatic hydroxyl groups excluding tert-OH is 1. The molecule has 0 saturated carbocycles. The number of carbonyl (C=O) groups excluding carboxylic acids is 1. The molecule has 2 aliphatic heterocycles. The van der Waals surface area contributed by atoms with Gasteiger partial charge in [-0.25, -0.2) is 0 Å². The molecule has 142 valence electrons. The maximum absolute atomic E-state index is 11.6. The van der Waals surface area contributed by atoms with E-state index >= 15 is 0 Å². The fourth-order valence-corrected chi connectivity index (χ4v) is 3.36. The molecule has 2 heterocycles. The molecule has 1 atom stereocenters. The van der Waals surface area contributed by atoms with Crippen LogP contribution in [0.2, 0.25) is 0 Å². The van der Waals surface area contributed by atoms with Crippen LogP contribution in [0.15, 0.2) is 24.3 Å². The van der Waals surface area contributed by atoms with Gasteiger partial charge in [0.2, 0.25) is 5.91 Å². The molecule has 8 heteroatoms. The van der Waals surface area contributed by atoms with Crippen LogP contribution in [0.1, 0.15) is 12.8 Å². The number of hydrogen-bond donors (Lipinski definition) is 2. The van der Waals surface area contributed by atoms with Crippen LogP contribution < -0.4 is 4.90 Å². The number of phenols is 1. The zero-order valence-corrected chi connectivity index (χ0v) is 15.8. The summed E-state index contributed by atoms with van der Waals surface area (Å²) < 4.78 is 0. The molecule has 0 bridgehead atoms. The Balaban J connectivity index is 0.00000156. The van der Waals surface area contributed by atoms with Crippen LogP contribution >= 0.6 is 24.8 Å². The minimum absolute atomic E-state index is 0. The van der Waals surface area contributed by atoms with Crippen molar-refractivity contribution in [2.45, 2.75) is 18.9 Å². The maximum atomic E-state index is 11.6. The first kappa shape index (κ1) is 21.8.